The molecule has 0 fully saturated rings. The van der Waals surface area contributed by atoms with Crippen LogP contribution in [0, 0.1) is 17.7 Å². The standard InChI is InChI=1S/C36H32F4O4/c1-3-5-6-7-8-9-10-25-13-16-29(23-32(25)37)24-11-14-26(15-12-24)34(41)43-31-20-19-27-21-30(18-17-28(27)22-31)35(42)44-33(4-2)36(38,39)40/h11-23,33H,3-8H2,1-2H3. The maximum absolute atomic E-state index is 14.7. The minimum atomic E-state index is -4.65. The van der Waals surface area contributed by atoms with Crippen molar-refractivity contribution < 1.29 is 36.6 Å². The van der Waals surface area contributed by atoms with Crippen molar-refractivity contribution in [3.63, 3.8) is 0 Å². The second-order valence-electron chi connectivity index (χ2n) is 10.3. The average molecular weight is 605 g/mol. The summed E-state index contributed by atoms with van der Waals surface area (Å²) in [5, 5.41) is 1.16. The van der Waals surface area contributed by atoms with Crippen molar-refractivity contribution in [2.75, 3.05) is 0 Å². The van der Waals surface area contributed by atoms with Crippen LogP contribution in [0.2, 0.25) is 0 Å². The summed E-state index contributed by atoms with van der Waals surface area (Å²) in [6.45, 7) is 3.43. The molecule has 1 unspecified atom stereocenters. The molecule has 0 saturated heterocycles. The normalized spacial score (nSPS) is 11.9. The molecule has 0 heterocycles. The first kappa shape index (κ1) is 32.3. The van der Waals surface area contributed by atoms with Gasteiger partial charge in [-0.2, -0.15) is 13.2 Å². The zero-order valence-electron chi connectivity index (χ0n) is 24.5. The van der Waals surface area contributed by atoms with E-state index in [2.05, 4.69) is 23.5 Å². The Hall–Kier alpha value is -4.64. The summed E-state index contributed by atoms with van der Waals surface area (Å²) >= 11 is 0. The number of unbranched alkanes of at least 4 members (excludes halogenated alkanes) is 4. The van der Waals surface area contributed by atoms with Crippen molar-refractivity contribution in [3.8, 4) is 28.7 Å². The van der Waals surface area contributed by atoms with Gasteiger partial charge in [-0.3, -0.25) is 0 Å². The van der Waals surface area contributed by atoms with Gasteiger partial charge in [0.25, 0.3) is 0 Å². The predicted octanol–water partition coefficient (Wildman–Crippen LogP) is 9.68. The number of hydrogen-bond acceptors (Lipinski definition) is 4. The van der Waals surface area contributed by atoms with E-state index in [1.54, 1.807) is 48.5 Å². The molecule has 0 aliphatic heterocycles. The summed E-state index contributed by atoms with van der Waals surface area (Å²) in [6, 6.07) is 20.4. The smallest absolute Gasteiger partial charge is 0.425 e. The lowest BCUT2D eigenvalue weighted by molar-refractivity contribution is -0.204. The van der Waals surface area contributed by atoms with Gasteiger partial charge in [0, 0.05) is 6.42 Å². The van der Waals surface area contributed by atoms with Crippen LogP contribution in [0.5, 0.6) is 5.75 Å². The molecule has 4 aromatic rings. The molecule has 0 aliphatic carbocycles. The summed E-state index contributed by atoms with van der Waals surface area (Å²) in [4.78, 5) is 25.1. The van der Waals surface area contributed by atoms with Crippen LogP contribution < -0.4 is 4.74 Å². The fourth-order valence-corrected chi connectivity index (χ4v) is 4.55. The second-order valence-corrected chi connectivity index (χ2v) is 10.3. The maximum Gasteiger partial charge on any atom is 0.425 e. The minimum Gasteiger partial charge on any atom is -0.449 e. The molecular weight excluding hydrogens is 572 g/mol. The number of esters is 2. The number of benzene rings is 4. The Morgan fingerprint density at radius 2 is 1.45 bits per heavy atom. The zero-order valence-corrected chi connectivity index (χ0v) is 24.5. The summed E-state index contributed by atoms with van der Waals surface area (Å²) in [7, 11) is 0. The van der Waals surface area contributed by atoms with Crippen LogP contribution in [-0.2, 0) is 4.74 Å². The monoisotopic (exact) mass is 604 g/mol. The first-order valence-electron chi connectivity index (χ1n) is 14.5. The van der Waals surface area contributed by atoms with Crippen molar-refractivity contribution in [3.05, 3.63) is 101 Å². The number of carbonyl (C=O) groups is 2. The van der Waals surface area contributed by atoms with Gasteiger partial charge in [0.2, 0.25) is 0 Å². The first-order valence-corrected chi connectivity index (χ1v) is 14.5. The lowest BCUT2D eigenvalue weighted by Crippen LogP contribution is -2.33. The Labute approximate surface area is 254 Å². The van der Waals surface area contributed by atoms with E-state index in [-0.39, 0.29) is 23.3 Å². The van der Waals surface area contributed by atoms with E-state index >= 15 is 0 Å². The highest BCUT2D eigenvalue weighted by Gasteiger charge is 2.41. The minimum absolute atomic E-state index is 0.0229. The van der Waals surface area contributed by atoms with Crippen LogP contribution in [0.15, 0.2) is 78.9 Å². The molecular formula is C36H32F4O4. The van der Waals surface area contributed by atoms with Gasteiger partial charge in [-0.15, -0.1) is 0 Å². The Bertz CT molecular complexity index is 1680. The zero-order chi connectivity index (χ0) is 31.7. The van der Waals surface area contributed by atoms with Crippen molar-refractivity contribution in [2.45, 2.75) is 64.7 Å². The highest BCUT2D eigenvalue weighted by atomic mass is 19.4. The van der Waals surface area contributed by atoms with Crippen molar-refractivity contribution in [2.24, 2.45) is 0 Å². The molecule has 4 rings (SSSR count). The fourth-order valence-electron chi connectivity index (χ4n) is 4.55. The summed E-state index contributed by atoms with van der Waals surface area (Å²) in [6.07, 6.45) is -2.02. The molecule has 4 aromatic carbocycles. The van der Waals surface area contributed by atoms with Gasteiger partial charge < -0.3 is 9.47 Å². The first-order chi connectivity index (χ1) is 21.1. The fraction of sp³-hybridized carbons (Fsp3) is 0.278. The van der Waals surface area contributed by atoms with E-state index in [0.717, 1.165) is 31.2 Å². The Kier molecular flexibility index (Phi) is 10.8. The van der Waals surface area contributed by atoms with E-state index in [0.29, 0.717) is 21.9 Å². The highest BCUT2D eigenvalue weighted by molar-refractivity contribution is 5.96. The number of hydrogen-bond donors (Lipinski definition) is 0. The third-order valence-electron chi connectivity index (χ3n) is 7.04. The third-order valence-corrected chi connectivity index (χ3v) is 7.04. The van der Waals surface area contributed by atoms with Crippen LogP contribution in [0.4, 0.5) is 17.6 Å². The Morgan fingerprint density at radius 1 is 0.773 bits per heavy atom. The molecule has 44 heavy (non-hydrogen) atoms. The number of halogens is 4. The van der Waals surface area contributed by atoms with Crippen molar-refractivity contribution in [1.82, 2.24) is 0 Å². The molecule has 0 aliphatic rings. The van der Waals surface area contributed by atoms with Crippen LogP contribution in [0.25, 0.3) is 21.9 Å². The highest BCUT2D eigenvalue weighted by Crippen LogP contribution is 2.28. The van der Waals surface area contributed by atoms with Gasteiger partial charge in [0.1, 0.15) is 11.6 Å². The summed E-state index contributed by atoms with van der Waals surface area (Å²) < 4.78 is 63.7. The maximum atomic E-state index is 14.7. The second kappa shape index (κ2) is 14.7. The van der Waals surface area contributed by atoms with Gasteiger partial charge in [0.05, 0.1) is 16.7 Å². The number of fused-ring (bicyclic) bond motifs is 1. The van der Waals surface area contributed by atoms with E-state index in [1.807, 2.05) is 0 Å². The lowest BCUT2D eigenvalue weighted by atomic mass is 10.0. The van der Waals surface area contributed by atoms with Gasteiger partial charge >= 0.3 is 18.1 Å². The van der Waals surface area contributed by atoms with Crippen LogP contribution in [0.1, 0.15) is 78.7 Å². The van der Waals surface area contributed by atoms with E-state index in [9.17, 15) is 27.2 Å². The quantitative estimate of drug-likeness (QED) is 0.0595. The number of alkyl halides is 3. The molecule has 0 N–H and O–H groups in total. The van der Waals surface area contributed by atoms with Crippen molar-refractivity contribution in [1.29, 1.82) is 0 Å². The molecule has 0 radical (unpaired) electrons. The van der Waals surface area contributed by atoms with Crippen LogP contribution in [-0.4, -0.2) is 24.2 Å². The number of carbonyl (C=O) groups excluding carboxylic acids is 2. The van der Waals surface area contributed by atoms with Gasteiger partial charge in [-0.05, 0) is 83.3 Å². The van der Waals surface area contributed by atoms with Crippen LogP contribution in [0.3, 0.4) is 0 Å². The molecule has 0 saturated carbocycles. The average Bonchev–Trinajstić information content (AvgIpc) is 3.01. The molecule has 4 nitrogen and oxygen atoms in total. The molecule has 1 atom stereocenters. The molecule has 0 spiro atoms. The van der Waals surface area contributed by atoms with Gasteiger partial charge in [-0.25, -0.2) is 14.0 Å². The molecule has 0 amide bonds. The van der Waals surface area contributed by atoms with E-state index in [4.69, 9.17) is 4.74 Å². The largest absolute Gasteiger partial charge is 0.449 e. The summed E-state index contributed by atoms with van der Waals surface area (Å²) in [5.41, 5.74) is 1.98. The molecule has 228 valence electrons. The lowest BCUT2D eigenvalue weighted by Gasteiger charge is -2.19. The van der Waals surface area contributed by atoms with Crippen molar-refractivity contribution >= 4 is 22.7 Å². The Balaban J connectivity index is 1.39. The molecule has 0 bridgehead atoms. The number of ether oxygens (including phenoxy) is 2. The number of rotatable bonds is 10. The topological polar surface area (TPSA) is 52.6 Å². The van der Waals surface area contributed by atoms with Gasteiger partial charge in [0.15, 0.2) is 6.10 Å². The third kappa shape index (κ3) is 8.47. The summed E-state index contributed by atoms with van der Waals surface area (Å²) in [5.74, 6) is 4.10. The SMILES string of the molecule is CCCCCCC#Cc1ccc(-c2ccc(C(=O)Oc3ccc4cc(C(=O)OC(CC)C(F)(F)F)ccc4c3)cc2)cc1F. The van der Waals surface area contributed by atoms with Crippen LogP contribution >= 0.6 is 0 Å². The molecule has 0 aromatic heterocycles. The van der Waals surface area contributed by atoms with Gasteiger partial charge in [-0.1, -0.05) is 75.3 Å². The predicted molar refractivity (Wildman–Crippen MR) is 162 cm³/mol. The van der Waals surface area contributed by atoms with E-state index < -0.39 is 30.0 Å². The Morgan fingerprint density at radius 3 is 2.14 bits per heavy atom. The molecule has 8 heteroatoms. The van der Waals surface area contributed by atoms with E-state index in [1.165, 1.54) is 43.7 Å².